The lowest BCUT2D eigenvalue weighted by atomic mass is 9.95. The molecule has 0 amide bonds. The van der Waals surface area contributed by atoms with Gasteiger partial charge in [0.2, 0.25) is 0 Å². The van der Waals surface area contributed by atoms with Crippen molar-refractivity contribution in [2.75, 3.05) is 0 Å². The van der Waals surface area contributed by atoms with Gasteiger partial charge < -0.3 is 0 Å². The fraction of sp³-hybridized carbons (Fsp3) is 0.143. The van der Waals surface area contributed by atoms with E-state index in [2.05, 4.69) is 0 Å². The fourth-order valence-electron chi connectivity index (χ4n) is 1.67. The van der Waals surface area contributed by atoms with Crippen LogP contribution in [-0.2, 0) is 0 Å². The second-order valence-corrected chi connectivity index (χ2v) is 5.73. The van der Waals surface area contributed by atoms with Gasteiger partial charge in [-0.05, 0) is 35.6 Å². The Hall–Kier alpha value is -1.34. The predicted octanol–water partition coefficient (Wildman–Crippen LogP) is 4.85. The number of nitriles is 1. The first-order valence-electron chi connectivity index (χ1n) is 5.47. The number of thiophene rings is 1. The molecule has 0 saturated heterocycles. The molecule has 1 atom stereocenters. The van der Waals surface area contributed by atoms with Crippen molar-refractivity contribution < 1.29 is 4.79 Å². The lowest BCUT2D eigenvalue weighted by Crippen LogP contribution is -2.10. The largest absolute Gasteiger partial charge is 0.291 e. The van der Waals surface area contributed by atoms with Gasteiger partial charge >= 0.3 is 0 Å². The molecule has 1 heterocycles. The van der Waals surface area contributed by atoms with Gasteiger partial charge in [-0.1, -0.05) is 35.3 Å². The Morgan fingerprint density at radius 1 is 1.32 bits per heavy atom. The van der Waals surface area contributed by atoms with Gasteiger partial charge in [0, 0.05) is 5.02 Å². The number of nitrogens with zero attached hydrogens (tertiary/aromatic N) is 1. The third-order valence-electron chi connectivity index (χ3n) is 2.72. The summed E-state index contributed by atoms with van der Waals surface area (Å²) in [6, 6.07) is 8.72. The van der Waals surface area contributed by atoms with Crippen molar-refractivity contribution in [1.29, 1.82) is 5.26 Å². The van der Waals surface area contributed by atoms with Crippen molar-refractivity contribution >= 4 is 40.3 Å². The highest BCUT2D eigenvalue weighted by molar-refractivity contribution is 7.13. The Balaban J connectivity index is 2.38. The molecule has 19 heavy (non-hydrogen) atoms. The summed E-state index contributed by atoms with van der Waals surface area (Å²) in [5.41, 5.74) is 1.47. The van der Waals surface area contributed by atoms with Crippen LogP contribution in [0.4, 0.5) is 0 Å². The van der Waals surface area contributed by atoms with Gasteiger partial charge in [-0.2, -0.15) is 5.26 Å². The highest BCUT2D eigenvalue weighted by Gasteiger charge is 2.25. The van der Waals surface area contributed by atoms with Crippen molar-refractivity contribution in [3.8, 4) is 6.07 Å². The monoisotopic (exact) mass is 309 g/mol. The molecule has 0 bridgehead atoms. The molecule has 0 spiro atoms. The molecule has 0 N–H and O–H groups in total. The van der Waals surface area contributed by atoms with Crippen LogP contribution in [0, 0.1) is 18.3 Å². The number of hydrogen-bond donors (Lipinski definition) is 0. The standard InChI is InChI=1S/C14H9Cl2NOS/c1-8-7-19-14(12(8)16)13(18)11(6-17)9-2-4-10(15)5-3-9/h2-5,7,11H,1H3. The zero-order valence-corrected chi connectivity index (χ0v) is 12.3. The van der Waals surface area contributed by atoms with Crippen LogP contribution in [-0.4, -0.2) is 5.78 Å². The Morgan fingerprint density at radius 2 is 1.95 bits per heavy atom. The van der Waals surface area contributed by atoms with Crippen molar-refractivity contribution in [1.82, 2.24) is 0 Å². The van der Waals surface area contributed by atoms with E-state index in [1.807, 2.05) is 18.4 Å². The quantitative estimate of drug-likeness (QED) is 0.760. The minimum absolute atomic E-state index is 0.270. The molecule has 0 saturated carbocycles. The zero-order valence-electron chi connectivity index (χ0n) is 9.98. The van der Waals surface area contributed by atoms with Gasteiger partial charge in [0.05, 0.1) is 16.0 Å². The lowest BCUT2D eigenvalue weighted by Gasteiger charge is -2.07. The smallest absolute Gasteiger partial charge is 0.195 e. The predicted molar refractivity (Wildman–Crippen MR) is 78.2 cm³/mol. The van der Waals surface area contributed by atoms with Crippen LogP contribution < -0.4 is 0 Å². The topological polar surface area (TPSA) is 40.9 Å². The maximum absolute atomic E-state index is 12.4. The summed E-state index contributed by atoms with van der Waals surface area (Å²) >= 11 is 13.1. The number of rotatable bonds is 3. The van der Waals surface area contributed by atoms with Gasteiger partial charge in [0.15, 0.2) is 5.78 Å². The van der Waals surface area contributed by atoms with Crippen molar-refractivity contribution in [2.45, 2.75) is 12.8 Å². The Labute approximate surface area is 125 Å². The average molecular weight is 310 g/mol. The molecular weight excluding hydrogens is 301 g/mol. The molecule has 1 aromatic heterocycles. The normalized spacial score (nSPS) is 11.9. The molecule has 5 heteroatoms. The van der Waals surface area contributed by atoms with Crippen molar-refractivity contribution in [2.24, 2.45) is 0 Å². The fourth-order valence-corrected chi connectivity index (χ4v) is 3.05. The van der Waals surface area contributed by atoms with Gasteiger partial charge in [-0.3, -0.25) is 4.79 Å². The number of halogens is 2. The summed E-state index contributed by atoms with van der Waals surface area (Å²) in [4.78, 5) is 12.8. The van der Waals surface area contributed by atoms with E-state index >= 15 is 0 Å². The lowest BCUT2D eigenvalue weighted by molar-refractivity contribution is 0.0983. The van der Waals surface area contributed by atoms with Crippen molar-refractivity contribution in [3.63, 3.8) is 0 Å². The Morgan fingerprint density at radius 3 is 2.42 bits per heavy atom. The van der Waals surface area contributed by atoms with E-state index in [0.29, 0.717) is 20.5 Å². The van der Waals surface area contributed by atoms with Crippen LogP contribution in [0.3, 0.4) is 0 Å². The molecule has 0 radical (unpaired) electrons. The number of aryl methyl sites for hydroxylation is 1. The molecule has 96 valence electrons. The summed E-state index contributed by atoms with van der Waals surface area (Å²) in [6.45, 7) is 1.83. The summed E-state index contributed by atoms with van der Waals surface area (Å²) in [6.07, 6.45) is 0. The van der Waals surface area contributed by atoms with Crippen molar-refractivity contribution in [3.05, 3.63) is 55.7 Å². The van der Waals surface area contributed by atoms with Crippen LogP contribution in [0.2, 0.25) is 10.0 Å². The molecule has 2 rings (SSSR count). The molecule has 1 aromatic carbocycles. The van der Waals surface area contributed by atoms with Crippen LogP contribution in [0.1, 0.15) is 26.7 Å². The maximum Gasteiger partial charge on any atom is 0.195 e. The zero-order chi connectivity index (χ0) is 14.0. The van der Waals surface area contributed by atoms with Crippen LogP contribution in [0.15, 0.2) is 29.6 Å². The van der Waals surface area contributed by atoms with Crippen LogP contribution in [0.25, 0.3) is 0 Å². The summed E-state index contributed by atoms with van der Waals surface area (Å²) in [7, 11) is 0. The maximum atomic E-state index is 12.4. The van der Waals surface area contributed by atoms with E-state index in [0.717, 1.165) is 5.56 Å². The first-order chi connectivity index (χ1) is 9.04. The Bertz CT molecular complexity index is 655. The average Bonchev–Trinajstić information content (AvgIpc) is 2.73. The van der Waals surface area contributed by atoms with E-state index in [1.165, 1.54) is 11.3 Å². The second kappa shape index (κ2) is 5.75. The third kappa shape index (κ3) is 2.82. The first-order valence-corrected chi connectivity index (χ1v) is 7.11. The van der Waals surface area contributed by atoms with E-state index in [1.54, 1.807) is 24.3 Å². The summed E-state index contributed by atoms with van der Waals surface area (Å²) in [5.74, 6) is -1.12. The molecule has 0 fully saturated rings. The summed E-state index contributed by atoms with van der Waals surface area (Å²) in [5, 5.41) is 12.0. The summed E-state index contributed by atoms with van der Waals surface area (Å²) < 4.78 is 0. The number of benzene rings is 1. The van der Waals surface area contributed by atoms with Gasteiger partial charge in [-0.25, -0.2) is 0 Å². The number of carbonyl (C=O) groups excluding carboxylic acids is 1. The molecule has 0 aliphatic heterocycles. The second-order valence-electron chi connectivity index (χ2n) is 4.04. The number of Topliss-reactive ketones (excluding diaryl/α,β-unsaturated/α-hetero) is 1. The van der Waals surface area contributed by atoms with Gasteiger partial charge in [0.25, 0.3) is 0 Å². The minimum Gasteiger partial charge on any atom is -0.291 e. The molecule has 0 aliphatic rings. The number of ketones is 1. The molecule has 2 nitrogen and oxygen atoms in total. The van der Waals surface area contributed by atoms with E-state index in [9.17, 15) is 10.1 Å². The first kappa shape index (κ1) is 14.1. The number of carbonyl (C=O) groups is 1. The molecule has 0 aliphatic carbocycles. The molecule has 2 aromatic rings. The Kier molecular flexibility index (Phi) is 4.26. The highest BCUT2D eigenvalue weighted by atomic mass is 35.5. The SMILES string of the molecule is Cc1csc(C(=O)C(C#N)c2ccc(Cl)cc2)c1Cl. The van der Waals surface area contributed by atoms with Crippen LogP contribution in [0.5, 0.6) is 0 Å². The van der Waals surface area contributed by atoms with Gasteiger partial charge in [-0.15, -0.1) is 11.3 Å². The third-order valence-corrected chi connectivity index (χ3v) is 4.68. The van der Waals surface area contributed by atoms with Gasteiger partial charge in [0.1, 0.15) is 5.92 Å². The minimum atomic E-state index is -0.854. The van der Waals surface area contributed by atoms with E-state index in [4.69, 9.17) is 23.2 Å². The van der Waals surface area contributed by atoms with E-state index in [-0.39, 0.29) is 5.78 Å². The highest BCUT2D eigenvalue weighted by Crippen LogP contribution is 2.32. The van der Waals surface area contributed by atoms with E-state index < -0.39 is 5.92 Å². The number of hydrogen-bond acceptors (Lipinski definition) is 3. The molecule has 1 unspecified atom stereocenters. The van der Waals surface area contributed by atoms with Crippen LogP contribution >= 0.6 is 34.5 Å². The molecular formula is C14H9Cl2NOS.